The Morgan fingerprint density at radius 2 is 1.85 bits per heavy atom. The van der Waals surface area contributed by atoms with Gasteiger partial charge in [-0.05, 0) is 34.7 Å². The number of pyridine rings is 1. The van der Waals surface area contributed by atoms with Crippen molar-refractivity contribution in [1.82, 2.24) is 10.3 Å². The fourth-order valence-corrected chi connectivity index (χ4v) is 4.30. The summed E-state index contributed by atoms with van der Waals surface area (Å²) in [6.45, 7) is 4.52. The van der Waals surface area contributed by atoms with E-state index >= 15 is 0 Å². The quantitative estimate of drug-likeness (QED) is 0.450. The fraction of sp³-hybridized carbons (Fsp3) is 0.200. The van der Waals surface area contributed by atoms with Crippen LogP contribution in [0.25, 0.3) is 11.1 Å². The highest BCUT2D eigenvalue weighted by Gasteiger charge is 2.21. The number of carbonyl (C=O) groups excluding carboxylic acids is 1. The smallest absolute Gasteiger partial charge is 0.230 e. The van der Waals surface area contributed by atoms with Crippen LogP contribution in [0.1, 0.15) is 42.0 Å². The Balaban J connectivity index is 1.84. The zero-order valence-electron chi connectivity index (χ0n) is 18.2. The Labute approximate surface area is 202 Å². The SMILES string of the molecule is CC(C)c1ccc(-c2c(C#N)c(N)nc(SCC(=O)NCc3cccc(Cl)c3)c2C#N)cc1. The third-order valence-electron chi connectivity index (χ3n) is 5.00. The minimum absolute atomic E-state index is 0.0290. The number of nitrogens with zero attached hydrogens (tertiary/aromatic N) is 3. The largest absolute Gasteiger partial charge is 0.383 e. The average Bonchev–Trinajstić information content (AvgIpc) is 2.81. The molecule has 0 bridgehead atoms. The van der Waals surface area contributed by atoms with Crippen LogP contribution in [0.3, 0.4) is 0 Å². The van der Waals surface area contributed by atoms with Gasteiger partial charge in [-0.1, -0.05) is 73.6 Å². The van der Waals surface area contributed by atoms with Gasteiger partial charge in [0.15, 0.2) is 0 Å². The molecular formula is C25H22ClN5OS. The van der Waals surface area contributed by atoms with Gasteiger partial charge in [-0.15, -0.1) is 0 Å². The number of benzene rings is 2. The number of thioether (sulfide) groups is 1. The van der Waals surface area contributed by atoms with Crippen LogP contribution in [0.15, 0.2) is 53.6 Å². The molecule has 0 aliphatic rings. The molecule has 166 valence electrons. The van der Waals surface area contributed by atoms with E-state index in [-0.39, 0.29) is 28.6 Å². The van der Waals surface area contributed by atoms with Crippen LogP contribution < -0.4 is 11.1 Å². The third kappa shape index (κ3) is 5.84. The lowest BCUT2D eigenvalue weighted by molar-refractivity contribution is -0.118. The minimum Gasteiger partial charge on any atom is -0.383 e. The second-order valence-corrected chi connectivity index (χ2v) is 9.02. The molecule has 33 heavy (non-hydrogen) atoms. The van der Waals surface area contributed by atoms with Crippen LogP contribution in [0.4, 0.5) is 5.82 Å². The lowest BCUT2D eigenvalue weighted by Gasteiger charge is -2.14. The molecule has 1 aromatic heterocycles. The molecule has 0 aliphatic heterocycles. The average molecular weight is 476 g/mol. The molecule has 6 nitrogen and oxygen atoms in total. The van der Waals surface area contributed by atoms with Crippen LogP contribution in [0, 0.1) is 22.7 Å². The molecule has 1 amide bonds. The van der Waals surface area contributed by atoms with Crippen LogP contribution in [-0.2, 0) is 11.3 Å². The Bertz CT molecular complexity index is 1260. The van der Waals surface area contributed by atoms with Gasteiger partial charge in [0.1, 0.15) is 28.5 Å². The highest BCUT2D eigenvalue weighted by Crippen LogP contribution is 2.36. The van der Waals surface area contributed by atoms with Gasteiger partial charge in [-0.2, -0.15) is 10.5 Å². The van der Waals surface area contributed by atoms with Crippen LogP contribution in [0.5, 0.6) is 0 Å². The number of nitrogen functional groups attached to an aromatic ring is 1. The lowest BCUT2D eigenvalue weighted by atomic mass is 9.94. The molecule has 0 saturated heterocycles. The van der Waals surface area contributed by atoms with Crippen molar-refractivity contribution < 1.29 is 4.79 Å². The number of rotatable bonds is 7. The summed E-state index contributed by atoms with van der Waals surface area (Å²) in [5, 5.41) is 23.3. The Morgan fingerprint density at radius 1 is 1.15 bits per heavy atom. The lowest BCUT2D eigenvalue weighted by Crippen LogP contribution is -2.24. The topological polar surface area (TPSA) is 116 Å². The summed E-state index contributed by atoms with van der Waals surface area (Å²) in [4.78, 5) is 16.6. The second kappa shape index (κ2) is 10.9. The molecule has 0 aliphatic carbocycles. The first-order chi connectivity index (χ1) is 15.8. The number of anilines is 1. The van der Waals surface area contributed by atoms with Gasteiger partial charge in [0.25, 0.3) is 0 Å². The summed E-state index contributed by atoms with van der Waals surface area (Å²) in [7, 11) is 0. The molecule has 0 atom stereocenters. The normalized spacial score (nSPS) is 10.5. The van der Waals surface area contributed by atoms with Crippen molar-refractivity contribution in [1.29, 1.82) is 10.5 Å². The van der Waals surface area contributed by atoms with E-state index in [0.29, 0.717) is 33.6 Å². The van der Waals surface area contributed by atoms with Gasteiger partial charge in [0.05, 0.1) is 11.3 Å². The zero-order chi connectivity index (χ0) is 24.0. The predicted molar refractivity (Wildman–Crippen MR) is 132 cm³/mol. The van der Waals surface area contributed by atoms with Crippen molar-refractivity contribution in [3.63, 3.8) is 0 Å². The van der Waals surface area contributed by atoms with Crippen LogP contribution in [-0.4, -0.2) is 16.6 Å². The third-order valence-corrected chi connectivity index (χ3v) is 6.21. The molecule has 3 N–H and O–H groups in total. The van der Waals surface area contributed by atoms with E-state index in [0.717, 1.165) is 22.9 Å². The molecule has 1 heterocycles. The fourth-order valence-electron chi connectivity index (χ4n) is 3.26. The number of aromatic nitrogens is 1. The summed E-state index contributed by atoms with van der Waals surface area (Å²) in [6.07, 6.45) is 0. The van der Waals surface area contributed by atoms with E-state index in [1.807, 2.05) is 36.4 Å². The summed E-state index contributed by atoms with van der Waals surface area (Å²) < 4.78 is 0. The van der Waals surface area contributed by atoms with Gasteiger partial charge in [0, 0.05) is 17.1 Å². The van der Waals surface area contributed by atoms with Crippen molar-refractivity contribution in [2.75, 3.05) is 11.5 Å². The standard InChI is InChI=1S/C25H22ClN5OS/c1-15(2)17-6-8-18(9-7-17)23-20(11-27)24(29)31-25(21(23)12-28)33-14-22(32)30-13-16-4-3-5-19(26)10-16/h3-10,15H,13-14H2,1-2H3,(H2,29,31)(H,30,32). The van der Waals surface area contributed by atoms with E-state index in [4.69, 9.17) is 17.3 Å². The summed E-state index contributed by atoms with van der Waals surface area (Å²) in [6, 6.07) is 19.1. The molecule has 0 unspecified atom stereocenters. The number of hydrogen-bond acceptors (Lipinski definition) is 6. The number of nitrogens with one attached hydrogen (secondary N) is 1. The van der Waals surface area contributed by atoms with Gasteiger partial charge in [-0.3, -0.25) is 4.79 Å². The highest BCUT2D eigenvalue weighted by molar-refractivity contribution is 8.00. The number of halogens is 1. The second-order valence-electron chi connectivity index (χ2n) is 7.62. The first-order valence-corrected chi connectivity index (χ1v) is 11.6. The molecule has 3 aromatic rings. The Hall–Kier alpha value is -3.52. The molecule has 0 saturated carbocycles. The van der Waals surface area contributed by atoms with Crippen LogP contribution >= 0.6 is 23.4 Å². The Morgan fingerprint density at radius 3 is 2.45 bits per heavy atom. The number of hydrogen-bond donors (Lipinski definition) is 2. The van der Waals surface area contributed by atoms with Gasteiger partial charge in [-0.25, -0.2) is 4.98 Å². The summed E-state index contributed by atoms with van der Waals surface area (Å²) >= 11 is 7.08. The van der Waals surface area contributed by atoms with Crippen molar-refractivity contribution in [3.05, 3.63) is 75.8 Å². The van der Waals surface area contributed by atoms with Crippen molar-refractivity contribution >= 4 is 35.1 Å². The number of carbonyl (C=O) groups is 1. The highest BCUT2D eigenvalue weighted by atomic mass is 35.5. The molecule has 0 radical (unpaired) electrons. The van der Waals surface area contributed by atoms with E-state index in [1.165, 1.54) is 0 Å². The van der Waals surface area contributed by atoms with Gasteiger partial charge >= 0.3 is 0 Å². The van der Waals surface area contributed by atoms with Gasteiger partial charge < -0.3 is 11.1 Å². The monoisotopic (exact) mass is 475 g/mol. The van der Waals surface area contributed by atoms with E-state index < -0.39 is 0 Å². The van der Waals surface area contributed by atoms with E-state index in [9.17, 15) is 15.3 Å². The maximum Gasteiger partial charge on any atom is 0.230 e. The zero-order valence-corrected chi connectivity index (χ0v) is 19.8. The summed E-state index contributed by atoms with van der Waals surface area (Å²) in [5.41, 5.74) is 9.60. The van der Waals surface area contributed by atoms with Crippen LogP contribution in [0.2, 0.25) is 5.02 Å². The number of nitriles is 2. The van der Waals surface area contributed by atoms with E-state index in [2.05, 4.69) is 36.3 Å². The Kier molecular flexibility index (Phi) is 7.95. The number of nitrogens with two attached hydrogens (primary N) is 1. The first-order valence-electron chi connectivity index (χ1n) is 10.2. The minimum atomic E-state index is -0.226. The van der Waals surface area contributed by atoms with Crippen molar-refractivity contribution in [2.24, 2.45) is 0 Å². The van der Waals surface area contributed by atoms with Crippen molar-refractivity contribution in [2.45, 2.75) is 31.3 Å². The summed E-state index contributed by atoms with van der Waals surface area (Å²) in [5.74, 6) is 0.195. The predicted octanol–water partition coefficient (Wildman–Crippen LogP) is 5.26. The van der Waals surface area contributed by atoms with E-state index in [1.54, 1.807) is 12.1 Å². The molecule has 0 spiro atoms. The first kappa shape index (κ1) is 24.1. The molecule has 3 rings (SSSR count). The van der Waals surface area contributed by atoms with Crippen molar-refractivity contribution in [3.8, 4) is 23.3 Å². The maximum absolute atomic E-state index is 12.4. The molecule has 8 heteroatoms. The van der Waals surface area contributed by atoms with Gasteiger partial charge in [0.2, 0.25) is 5.91 Å². The molecule has 2 aromatic carbocycles. The maximum atomic E-state index is 12.4. The molecular weight excluding hydrogens is 454 g/mol. The number of amides is 1. The molecule has 0 fully saturated rings.